The zero-order valence-corrected chi connectivity index (χ0v) is 12.5. The molecule has 106 valence electrons. The van der Waals surface area contributed by atoms with E-state index in [-0.39, 0.29) is 21.8 Å². The van der Waals surface area contributed by atoms with E-state index in [1.807, 2.05) is 0 Å². The first-order valence-corrected chi connectivity index (χ1v) is 7.00. The van der Waals surface area contributed by atoms with Crippen LogP contribution >= 0.6 is 23.2 Å². The molecule has 1 aliphatic heterocycles. The normalized spacial score (nSPS) is 21.0. The Morgan fingerprint density at radius 2 is 2.26 bits per heavy atom. The van der Waals surface area contributed by atoms with Gasteiger partial charge < -0.3 is 4.74 Å². The first kappa shape index (κ1) is 14.8. The van der Waals surface area contributed by atoms with Crippen molar-refractivity contribution in [2.24, 2.45) is 0 Å². The fourth-order valence-corrected chi connectivity index (χ4v) is 2.40. The molecule has 7 heteroatoms. The van der Waals surface area contributed by atoms with Gasteiger partial charge >= 0.3 is 0 Å². The molecule has 1 saturated heterocycles. The number of rotatable bonds is 3. The lowest BCUT2D eigenvalue weighted by molar-refractivity contribution is -0.0460. The summed E-state index contributed by atoms with van der Waals surface area (Å²) in [5.74, 6) is 0. The van der Waals surface area contributed by atoms with Crippen molar-refractivity contribution in [2.45, 2.75) is 32.5 Å². The van der Waals surface area contributed by atoms with Gasteiger partial charge in [0.1, 0.15) is 5.02 Å². The number of hydrogen-bond acceptors (Lipinski definition) is 4. The van der Waals surface area contributed by atoms with Gasteiger partial charge in [-0.3, -0.25) is 14.3 Å². The van der Waals surface area contributed by atoms with Crippen molar-refractivity contribution in [3.05, 3.63) is 26.9 Å². The van der Waals surface area contributed by atoms with Gasteiger partial charge in [0.2, 0.25) is 0 Å². The molecular formula is C12H17Cl2N3O2. The monoisotopic (exact) mass is 305 g/mol. The standard InChI is InChI=1S/C12H17Cl2N3O2/c1-8(2)16-3-4-19-9(5-16)6-17-7-15-11(14)10(13)12(17)18/h7-9H,3-6H2,1-2H3. The van der Waals surface area contributed by atoms with E-state index in [0.717, 1.165) is 13.1 Å². The lowest BCUT2D eigenvalue weighted by Crippen LogP contribution is -2.47. The highest BCUT2D eigenvalue weighted by Gasteiger charge is 2.23. The quantitative estimate of drug-likeness (QED) is 0.797. The van der Waals surface area contributed by atoms with Crippen molar-refractivity contribution >= 4 is 23.2 Å². The van der Waals surface area contributed by atoms with Crippen molar-refractivity contribution in [3.8, 4) is 0 Å². The van der Waals surface area contributed by atoms with Crippen LogP contribution in [0.4, 0.5) is 0 Å². The average Bonchev–Trinajstić information content (AvgIpc) is 2.40. The highest BCUT2D eigenvalue weighted by Crippen LogP contribution is 2.14. The number of nitrogens with zero attached hydrogens (tertiary/aromatic N) is 3. The Morgan fingerprint density at radius 1 is 1.53 bits per heavy atom. The van der Waals surface area contributed by atoms with Crippen LogP contribution in [0.3, 0.4) is 0 Å². The minimum absolute atomic E-state index is 0.0344. The molecule has 1 aromatic rings. The molecule has 19 heavy (non-hydrogen) atoms. The smallest absolute Gasteiger partial charge is 0.273 e. The molecule has 2 heterocycles. The molecule has 0 bridgehead atoms. The lowest BCUT2D eigenvalue weighted by atomic mass is 10.2. The van der Waals surface area contributed by atoms with Gasteiger partial charge in [-0.25, -0.2) is 4.98 Å². The molecule has 0 N–H and O–H groups in total. The van der Waals surface area contributed by atoms with Gasteiger partial charge in [0.25, 0.3) is 5.56 Å². The van der Waals surface area contributed by atoms with E-state index in [4.69, 9.17) is 27.9 Å². The van der Waals surface area contributed by atoms with Crippen molar-refractivity contribution in [1.82, 2.24) is 14.5 Å². The topological polar surface area (TPSA) is 47.4 Å². The summed E-state index contributed by atoms with van der Waals surface area (Å²) in [6, 6.07) is 0.468. The minimum Gasteiger partial charge on any atom is -0.374 e. The predicted octanol–water partition coefficient (Wildman–Crippen LogP) is 1.66. The highest BCUT2D eigenvalue weighted by molar-refractivity contribution is 6.40. The molecule has 1 aromatic heterocycles. The first-order valence-electron chi connectivity index (χ1n) is 6.25. The molecular weight excluding hydrogens is 289 g/mol. The SMILES string of the molecule is CC(C)N1CCOC(Cn2cnc(Cl)c(Cl)c2=O)C1. The van der Waals surface area contributed by atoms with Gasteiger partial charge in [-0.05, 0) is 13.8 Å². The summed E-state index contributed by atoms with van der Waals surface area (Å²) >= 11 is 11.5. The third-order valence-corrected chi connectivity index (χ3v) is 3.97. The van der Waals surface area contributed by atoms with Crippen LogP contribution in [0.25, 0.3) is 0 Å². The van der Waals surface area contributed by atoms with Gasteiger partial charge in [-0.15, -0.1) is 0 Å². The summed E-state index contributed by atoms with van der Waals surface area (Å²) in [6.45, 7) is 7.12. The van der Waals surface area contributed by atoms with Crippen LogP contribution in [0.2, 0.25) is 10.2 Å². The Kier molecular flexibility index (Phi) is 4.84. The zero-order chi connectivity index (χ0) is 14.0. The molecule has 0 amide bonds. The number of morpholine rings is 1. The van der Waals surface area contributed by atoms with Crippen LogP contribution in [-0.2, 0) is 11.3 Å². The maximum atomic E-state index is 11.9. The molecule has 0 radical (unpaired) electrons. The summed E-state index contributed by atoms with van der Waals surface area (Å²) in [6.07, 6.45) is 1.38. The van der Waals surface area contributed by atoms with E-state index < -0.39 is 0 Å². The maximum absolute atomic E-state index is 11.9. The van der Waals surface area contributed by atoms with E-state index >= 15 is 0 Å². The second-order valence-corrected chi connectivity index (χ2v) is 5.62. The number of ether oxygens (including phenoxy) is 1. The van der Waals surface area contributed by atoms with E-state index in [1.54, 1.807) is 0 Å². The molecule has 0 saturated carbocycles. The number of aromatic nitrogens is 2. The van der Waals surface area contributed by atoms with Crippen LogP contribution in [0, 0.1) is 0 Å². The Labute approximate surface area is 122 Å². The lowest BCUT2D eigenvalue weighted by Gasteiger charge is -2.35. The number of hydrogen-bond donors (Lipinski definition) is 0. The van der Waals surface area contributed by atoms with E-state index in [1.165, 1.54) is 10.9 Å². The van der Waals surface area contributed by atoms with Crippen molar-refractivity contribution in [1.29, 1.82) is 0 Å². The van der Waals surface area contributed by atoms with Gasteiger partial charge in [-0.1, -0.05) is 23.2 Å². The Balaban J connectivity index is 2.09. The van der Waals surface area contributed by atoms with E-state index in [0.29, 0.717) is 19.2 Å². The molecule has 1 fully saturated rings. The Morgan fingerprint density at radius 3 is 2.95 bits per heavy atom. The highest BCUT2D eigenvalue weighted by atomic mass is 35.5. The molecule has 1 atom stereocenters. The molecule has 1 unspecified atom stereocenters. The molecule has 0 aromatic carbocycles. The minimum atomic E-state index is -0.327. The molecule has 0 spiro atoms. The molecule has 1 aliphatic rings. The van der Waals surface area contributed by atoms with Crippen molar-refractivity contribution in [3.63, 3.8) is 0 Å². The molecule has 0 aliphatic carbocycles. The van der Waals surface area contributed by atoms with Crippen LogP contribution < -0.4 is 5.56 Å². The van der Waals surface area contributed by atoms with Crippen molar-refractivity contribution < 1.29 is 4.74 Å². The second kappa shape index (κ2) is 6.22. The summed E-state index contributed by atoms with van der Waals surface area (Å²) < 4.78 is 7.13. The van der Waals surface area contributed by atoms with E-state index in [2.05, 4.69) is 23.7 Å². The summed E-state index contributed by atoms with van der Waals surface area (Å²) in [5.41, 5.74) is -0.327. The van der Waals surface area contributed by atoms with Crippen LogP contribution in [0.5, 0.6) is 0 Å². The van der Waals surface area contributed by atoms with Gasteiger partial charge in [0.05, 0.1) is 25.6 Å². The van der Waals surface area contributed by atoms with Crippen LogP contribution in [0.15, 0.2) is 11.1 Å². The maximum Gasteiger partial charge on any atom is 0.273 e. The summed E-state index contributed by atoms with van der Waals surface area (Å²) in [7, 11) is 0. The fraction of sp³-hybridized carbons (Fsp3) is 0.667. The van der Waals surface area contributed by atoms with Gasteiger partial charge in [0, 0.05) is 19.1 Å². The molecule has 2 rings (SSSR count). The third-order valence-electron chi connectivity index (χ3n) is 3.24. The Bertz CT molecular complexity index is 504. The largest absolute Gasteiger partial charge is 0.374 e. The summed E-state index contributed by atoms with van der Waals surface area (Å²) in [5, 5.41) is -0.00280. The second-order valence-electron chi connectivity index (χ2n) is 4.89. The summed E-state index contributed by atoms with van der Waals surface area (Å²) in [4.78, 5) is 18.1. The van der Waals surface area contributed by atoms with E-state index in [9.17, 15) is 4.79 Å². The third kappa shape index (κ3) is 3.48. The average molecular weight is 306 g/mol. The Hall–Kier alpha value is -0.620. The van der Waals surface area contributed by atoms with Gasteiger partial charge in [0.15, 0.2) is 5.15 Å². The van der Waals surface area contributed by atoms with Crippen LogP contribution in [-0.4, -0.2) is 46.3 Å². The van der Waals surface area contributed by atoms with Gasteiger partial charge in [-0.2, -0.15) is 0 Å². The predicted molar refractivity (Wildman–Crippen MR) is 75.0 cm³/mol. The zero-order valence-electron chi connectivity index (χ0n) is 11.0. The van der Waals surface area contributed by atoms with Crippen LogP contribution in [0.1, 0.15) is 13.8 Å². The fourth-order valence-electron chi connectivity index (χ4n) is 2.11. The number of halogens is 2. The molecule has 5 nitrogen and oxygen atoms in total. The van der Waals surface area contributed by atoms with Crippen molar-refractivity contribution in [2.75, 3.05) is 19.7 Å². The first-order chi connectivity index (χ1) is 8.99.